The molecule has 0 radical (unpaired) electrons. The SMILES string of the molecule is COc1ccc(-c2ccc(F)cc2C#N)cc1CNC1CCCNC1c1ccccc1. The van der Waals surface area contributed by atoms with Gasteiger partial charge in [-0.15, -0.1) is 0 Å². The van der Waals surface area contributed by atoms with Gasteiger partial charge in [-0.1, -0.05) is 42.5 Å². The van der Waals surface area contributed by atoms with E-state index in [0.29, 0.717) is 23.7 Å². The lowest BCUT2D eigenvalue weighted by atomic mass is 9.92. The number of rotatable bonds is 6. The van der Waals surface area contributed by atoms with Gasteiger partial charge in [-0.2, -0.15) is 5.26 Å². The van der Waals surface area contributed by atoms with Crippen LogP contribution in [-0.2, 0) is 6.54 Å². The summed E-state index contributed by atoms with van der Waals surface area (Å²) in [5.74, 6) is 0.379. The second kappa shape index (κ2) is 9.74. The number of nitrogens with one attached hydrogen (secondary N) is 2. The van der Waals surface area contributed by atoms with Gasteiger partial charge in [0, 0.05) is 24.2 Å². The van der Waals surface area contributed by atoms with E-state index in [1.807, 2.05) is 24.3 Å². The lowest BCUT2D eigenvalue weighted by Gasteiger charge is -2.34. The Labute approximate surface area is 182 Å². The number of halogens is 1. The van der Waals surface area contributed by atoms with E-state index >= 15 is 0 Å². The van der Waals surface area contributed by atoms with Gasteiger partial charge in [0.2, 0.25) is 0 Å². The van der Waals surface area contributed by atoms with Gasteiger partial charge in [-0.3, -0.25) is 0 Å². The lowest BCUT2D eigenvalue weighted by molar-refractivity contribution is 0.303. The Bertz CT molecular complexity index is 1080. The maximum absolute atomic E-state index is 13.6. The minimum atomic E-state index is -0.410. The molecule has 2 unspecified atom stereocenters. The van der Waals surface area contributed by atoms with Crippen molar-refractivity contribution in [3.05, 3.63) is 89.2 Å². The van der Waals surface area contributed by atoms with Crippen LogP contribution >= 0.6 is 0 Å². The van der Waals surface area contributed by atoms with Crippen molar-refractivity contribution in [3.63, 3.8) is 0 Å². The summed E-state index contributed by atoms with van der Waals surface area (Å²) < 4.78 is 19.1. The second-order valence-electron chi connectivity index (χ2n) is 7.80. The maximum Gasteiger partial charge on any atom is 0.124 e. The highest BCUT2D eigenvalue weighted by Crippen LogP contribution is 2.30. The predicted molar refractivity (Wildman–Crippen MR) is 120 cm³/mol. The first-order valence-electron chi connectivity index (χ1n) is 10.6. The zero-order valence-electron chi connectivity index (χ0n) is 17.6. The predicted octanol–water partition coefficient (Wildman–Crippen LogP) is 4.96. The van der Waals surface area contributed by atoms with Gasteiger partial charge < -0.3 is 15.4 Å². The fraction of sp³-hybridized carbons (Fsp3) is 0.269. The van der Waals surface area contributed by atoms with E-state index in [1.165, 1.54) is 17.7 Å². The Morgan fingerprint density at radius 2 is 1.97 bits per heavy atom. The zero-order chi connectivity index (χ0) is 21.6. The fourth-order valence-electron chi connectivity index (χ4n) is 4.30. The number of ether oxygens (including phenoxy) is 1. The van der Waals surface area contributed by atoms with Gasteiger partial charge in [-0.25, -0.2) is 4.39 Å². The molecule has 1 heterocycles. The first-order chi connectivity index (χ1) is 15.2. The van der Waals surface area contributed by atoms with E-state index in [-0.39, 0.29) is 6.04 Å². The number of hydrogen-bond donors (Lipinski definition) is 2. The first-order valence-corrected chi connectivity index (χ1v) is 10.6. The quantitative estimate of drug-likeness (QED) is 0.598. The number of hydrogen-bond acceptors (Lipinski definition) is 4. The van der Waals surface area contributed by atoms with Gasteiger partial charge in [-0.05, 0) is 60.3 Å². The number of benzene rings is 3. The van der Waals surface area contributed by atoms with Crippen molar-refractivity contribution in [1.29, 1.82) is 5.26 Å². The van der Waals surface area contributed by atoms with Gasteiger partial charge in [0.1, 0.15) is 11.6 Å². The monoisotopic (exact) mass is 415 g/mol. The third-order valence-electron chi connectivity index (χ3n) is 5.87. The van der Waals surface area contributed by atoms with Crippen LogP contribution in [0.2, 0.25) is 0 Å². The summed E-state index contributed by atoms with van der Waals surface area (Å²) >= 11 is 0. The molecule has 0 aromatic heterocycles. The molecule has 1 aliphatic rings. The molecular formula is C26H26FN3O. The van der Waals surface area contributed by atoms with Crippen LogP contribution in [0.3, 0.4) is 0 Å². The van der Waals surface area contributed by atoms with E-state index in [2.05, 4.69) is 41.0 Å². The number of nitrogens with zero attached hydrogens (tertiary/aromatic N) is 1. The van der Waals surface area contributed by atoms with Gasteiger partial charge in [0.15, 0.2) is 0 Å². The Morgan fingerprint density at radius 1 is 1.13 bits per heavy atom. The van der Waals surface area contributed by atoms with Crippen molar-refractivity contribution in [2.75, 3.05) is 13.7 Å². The van der Waals surface area contributed by atoms with Crippen LogP contribution in [0.5, 0.6) is 5.75 Å². The van der Waals surface area contributed by atoms with Crippen molar-refractivity contribution in [3.8, 4) is 22.9 Å². The molecule has 0 aliphatic carbocycles. The van der Waals surface area contributed by atoms with Crippen molar-refractivity contribution in [2.24, 2.45) is 0 Å². The largest absolute Gasteiger partial charge is 0.496 e. The van der Waals surface area contributed by atoms with Gasteiger partial charge in [0.25, 0.3) is 0 Å². The van der Waals surface area contributed by atoms with Gasteiger partial charge in [0.05, 0.1) is 18.7 Å². The summed E-state index contributed by atoms with van der Waals surface area (Å²) in [6, 6.07) is 23.3. The smallest absolute Gasteiger partial charge is 0.124 e. The molecule has 1 aliphatic heterocycles. The molecule has 0 amide bonds. The van der Waals surface area contributed by atoms with Crippen LogP contribution in [-0.4, -0.2) is 19.7 Å². The average Bonchev–Trinajstić information content (AvgIpc) is 2.83. The highest BCUT2D eigenvalue weighted by Gasteiger charge is 2.25. The molecule has 4 nitrogen and oxygen atoms in total. The zero-order valence-corrected chi connectivity index (χ0v) is 17.6. The van der Waals surface area contributed by atoms with Crippen molar-refractivity contribution >= 4 is 0 Å². The molecule has 2 atom stereocenters. The molecule has 31 heavy (non-hydrogen) atoms. The fourth-order valence-corrected chi connectivity index (χ4v) is 4.30. The van der Waals surface area contributed by atoms with Crippen molar-refractivity contribution in [2.45, 2.75) is 31.5 Å². The van der Waals surface area contributed by atoms with E-state index in [4.69, 9.17) is 4.74 Å². The van der Waals surface area contributed by atoms with E-state index < -0.39 is 5.82 Å². The Kier molecular flexibility index (Phi) is 6.61. The number of nitriles is 1. The minimum absolute atomic E-state index is 0.256. The molecule has 0 spiro atoms. The summed E-state index contributed by atoms with van der Waals surface area (Å²) in [6.45, 7) is 1.65. The summed E-state index contributed by atoms with van der Waals surface area (Å²) in [5, 5.41) is 16.8. The van der Waals surface area contributed by atoms with Crippen molar-refractivity contribution in [1.82, 2.24) is 10.6 Å². The molecule has 3 aromatic carbocycles. The third kappa shape index (κ3) is 4.77. The van der Waals surface area contributed by atoms with E-state index in [9.17, 15) is 9.65 Å². The van der Waals surface area contributed by atoms with Crippen LogP contribution in [0.15, 0.2) is 66.7 Å². The first kappa shape index (κ1) is 21.0. The molecule has 158 valence electrons. The van der Waals surface area contributed by atoms with Crippen LogP contribution in [0.1, 0.15) is 35.6 Å². The summed E-state index contributed by atoms with van der Waals surface area (Å²) in [7, 11) is 1.66. The van der Waals surface area contributed by atoms with Crippen LogP contribution in [0.4, 0.5) is 4.39 Å². The Hall–Kier alpha value is -3.20. The highest BCUT2D eigenvalue weighted by atomic mass is 19.1. The van der Waals surface area contributed by atoms with Gasteiger partial charge >= 0.3 is 0 Å². The maximum atomic E-state index is 13.6. The molecule has 1 saturated heterocycles. The van der Waals surface area contributed by atoms with Crippen LogP contribution in [0.25, 0.3) is 11.1 Å². The average molecular weight is 416 g/mol. The molecule has 0 bridgehead atoms. The van der Waals surface area contributed by atoms with Crippen LogP contribution in [0, 0.1) is 17.1 Å². The Balaban J connectivity index is 1.58. The summed E-state index contributed by atoms with van der Waals surface area (Å²) in [4.78, 5) is 0. The minimum Gasteiger partial charge on any atom is -0.496 e. The summed E-state index contributed by atoms with van der Waals surface area (Å²) in [5.41, 5.74) is 4.20. The molecule has 0 saturated carbocycles. The normalized spacial score (nSPS) is 18.4. The standard InChI is InChI=1S/C26H26FN3O/c1-31-25-12-9-19(23-11-10-22(27)15-20(23)16-28)14-21(25)17-30-24-8-5-13-29-26(24)18-6-3-2-4-7-18/h2-4,6-7,9-12,14-15,24,26,29-30H,5,8,13,17H2,1H3. The lowest BCUT2D eigenvalue weighted by Crippen LogP contribution is -2.45. The molecule has 5 heteroatoms. The van der Waals surface area contributed by atoms with E-state index in [0.717, 1.165) is 36.3 Å². The van der Waals surface area contributed by atoms with Crippen LogP contribution < -0.4 is 15.4 Å². The topological polar surface area (TPSA) is 57.1 Å². The molecular weight excluding hydrogens is 389 g/mol. The van der Waals surface area contributed by atoms with E-state index in [1.54, 1.807) is 13.2 Å². The molecule has 2 N–H and O–H groups in total. The highest BCUT2D eigenvalue weighted by molar-refractivity contribution is 5.72. The molecule has 1 fully saturated rings. The number of piperidine rings is 1. The third-order valence-corrected chi connectivity index (χ3v) is 5.87. The number of methoxy groups -OCH3 is 1. The molecule has 3 aromatic rings. The van der Waals surface area contributed by atoms with Crippen molar-refractivity contribution < 1.29 is 9.13 Å². The molecule has 4 rings (SSSR count). The second-order valence-corrected chi connectivity index (χ2v) is 7.80. The summed E-state index contributed by atoms with van der Waals surface area (Å²) in [6.07, 6.45) is 2.21. The Morgan fingerprint density at radius 3 is 2.74 bits per heavy atom.